The Labute approximate surface area is 141 Å². The first kappa shape index (κ1) is 20.4. The molecule has 1 aromatic heterocycles. The van der Waals surface area contributed by atoms with E-state index in [4.69, 9.17) is 9.90 Å². The quantitative estimate of drug-likeness (QED) is 0.763. The van der Waals surface area contributed by atoms with Crippen LogP contribution in [-0.2, 0) is 4.79 Å². The summed E-state index contributed by atoms with van der Waals surface area (Å²) in [5.74, 6) is -2.40. The Kier molecular flexibility index (Phi) is 7.61. The maximum atomic E-state index is 12.0. The molecule has 1 saturated heterocycles. The first-order chi connectivity index (χ1) is 11.1. The predicted octanol–water partition coefficient (Wildman–Crippen LogP) is 2.38. The standard InChI is InChI=1S/C12H19N3OS.C2HF3O2/c1-8(2)12-15-10(7-17-12)11(16)14-9-3-5-13-6-4-9;3-2(4,5)1(6)7/h7-9,13H,3-6H2,1-2H3,(H,14,16);(H,6,7). The number of thiazole rings is 1. The molecule has 1 aliphatic rings. The maximum absolute atomic E-state index is 12.0. The van der Waals surface area contributed by atoms with Crippen LogP contribution in [-0.4, -0.2) is 47.3 Å². The van der Waals surface area contributed by atoms with Gasteiger partial charge in [-0.3, -0.25) is 4.79 Å². The summed E-state index contributed by atoms with van der Waals surface area (Å²) in [4.78, 5) is 25.2. The molecular formula is C14H20F3N3O3S. The first-order valence-corrected chi connectivity index (χ1v) is 8.26. The Morgan fingerprint density at radius 1 is 1.38 bits per heavy atom. The summed E-state index contributed by atoms with van der Waals surface area (Å²) in [5, 5.41) is 16.3. The van der Waals surface area contributed by atoms with Crippen molar-refractivity contribution < 1.29 is 27.9 Å². The molecule has 1 fully saturated rings. The number of nitrogens with zero attached hydrogens (tertiary/aromatic N) is 1. The number of hydrogen-bond acceptors (Lipinski definition) is 5. The number of hydrogen-bond donors (Lipinski definition) is 3. The Morgan fingerprint density at radius 2 is 1.92 bits per heavy atom. The minimum absolute atomic E-state index is 0.0277. The SMILES string of the molecule is CC(C)c1nc(C(=O)NC2CCNCC2)cs1.O=C(O)C(F)(F)F. The van der Waals surface area contributed by atoms with Crippen LogP contribution in [0.1, 0.15) is 48.1 Å². The molecule has 1 aromatic rings. The van der Waals surface area contributed by atoms with Crippen molar-refractivity contribution in [2.75, 3.05) is 13.1 Å². The lowest BCUT2D eigenvalue weighted by Crippen LogP contribution is -2.42. The summed E-state index contributed by atoms with van der Waals surface area (Å²) in [6.45, 7) is 6.15. The van der Waals surface area contributed by atoms with Crippen LogP contribution in [0.3, 0.4) is 0 Å². The first-order valence-electron chi connectivity index (χ1n) is 7.38. The molecule has 0 atom stereocenters. The number of alkyl halides is 3. The van der Waals surface area contributed by atoms with E-state index >= 15 is 0 Å². The maximum Gasteiger partial charge on any atom is 0.490 e. The molecule has 1 aliphatic heterocycles. The van der Waals surface area contributed by atoms with Crippen LogP contribution < -0.4 is 10.6 Å². The van der Waals surface area contributed by atoms with Crippen molar-refractivity contribution in [1.82, 2.24) is 15.6 Å². The molecule has 0 spiro atoms. The summed E-state index contributed by atoms with van der Waals surface area (Å²) in [6, 6.07) is 0.299. The summed E-state index contributed by atoms with van der Waals surface area (Å²) in [5.41, 5.74) is 0.567. The van der Waals surface area contributed by atoms with Gasteiger partial charge in [0, 0.05) is 17.3 Å². The van der Waals surface area contributed by atoms with Gasteiger partial charge in [0.1, 0.15) is 5.69 Å². The lowest BCUT2D eigenvalue weighted by atomic mass is 10.1. The van der Waals surface area contributed by atoms with Crippen LogP contribution in [0.2, 0.25) is 0 Å². The monoisotopic (exact) mass is 367 g/mol. The van der Waals surface area contributed by atoms with E-state index in [0.29, 0.717) is 17.7 Å². The van der Waals surface area contributed by atoms with E-state index in [9.17, 15) is 18.0 Å². The largest absolute Gasteiger partial charge is 0.490 e. The fourth-order valence-electron chi connectivity index (χ4n) is 1.88. The number of carbonyl (C=O) groups is 2. The minimum atomic E-state index is -5.08. The van der Waals surface area contributed by atoms with Gasteiger partial charge in [0.05, 0.1) is 5.01 Å². The van der Waals surface area contributed by atoms with Crippen LogP contribution in [0.15, 0.2) is 5.38 Å². The Balaban J connectivity index is 0.000000351. The number of piperidine rings is 1. The Bertz CT molecular complexity index is 555. The summed E-state index contributed by atoms with van der Waals surface area (Å²) >= 11 is 1.56. The van der Waals surface area contributed by atoms with Crippen molar-refractivity contribution in [3.8, 4) is 0 Å². The van der Waals surface area contributed by atoms with E-state index in [1.165, 1.54) is 0 Å². The number of amides is 1. The number of carboxylic acids is 1. The van der Waals surface area contributed by atoms with Gasteiger partial charge in [0.25, 0.3) is 5.91 Å². The molecule has 6 nitrogen and oxygen atoms in total. The summed E-state index contributed by atoms with van der Waals surface area (Å²) < 4.78 is 31.7. The highest BCUT2D eigenvalue weighted by atomic mass is 32.1. The number of halogens is 3. The van der Waals surface area contributed by atoms with E-state index in [1.807, 2.05) is 5.38 Å². The zero-order chi connectivity index (χ0) is 18.3. The van der Waals surface area contributed by atoms with Gasteiger partial charge in [-0.2, -0.15) is 13.2 Å². The number of carbonyl (C=O) groups excluding carboxylic acids is 1. The molecular weight excluding hydrogens is 347 g/mol. The van der Waals surface area contributed by atoms with Crippen LogP contribution in [0.5, 0.6) is 0 Å². The average Bonchev–Trinajstić information content (AvgIpc) is 2.98. The van der Waals surface area contributed by atoms with Crippen LogP contribution >= 0.6 is 11.3 Å². The Hall–Kier alpha value is -1.68. The van der Waals surface area contributed by atoms with Gasteiger partial charge < -0.3 is 15.7 Å². The van der Waals surface area contributed by atoms with Crippen molar-refractivity contribution >= 4 is 23.2 Å². The lowest BCUT2D eigenvalue weighted by Gasteiger charge is -2.23. The van der Waals surface area contributed by atoms with Crippen molar-refractivity contribution in [2.45, 2.75) is 44.8 Å². The third-order valence-electron chi connectivity index (χ3n) is 3.17. The summed E-state index contributed by atoms with van der Waals surface area (Å²) in [7, 11) is 0. The second-order valence-electron chi connectivity index (χ2n) is 5.53. The smallest absolute Gasteiger partial charge is 0.475 e. The number of carboxylic acid groups (broad SMARTS) is 1. The van der Waals surface area contributed by atoms with Crippen molar-refractivity contribution in [3.63, 3.8) is 0 Å². The number of aromatic nitrogens is 1. The third kappa shape index (κ3) is 6.83. The van der Waals surface area contributed by atoms with E-state index in [1.54, 1.807) is 11.3 Å². The second-order valence-corrected chi connectivity index (χ2v) is 6.42. The molecule has 3 N–H and O–H groups in total. The highest BCUT2D eigenvalue weighted by molar-refractivity contribution is 7.09. The number of nitrogens with one attached hydrogen (secondary N) is 2. The molecule has 0 saturated carbocycles. The van der Waals surface area contributed by atoms with E-state index in [-0.39, 0.29) is 5.91 Å². The second kappa shape index (κ2) is 8.97. The molecule has 2 heterocycles. The van der Waals surface area contributed by atoms with E-state index < -0.39 is 12.1 Å². The average molecular weight is 367 g/mol. The highest BCUT2D eigenvalue weighted by Crippen LogP contribution is 2.19. The molecule has 136 valence electrons. The van der Waals surface area contributed by atoms with Gasteiger partial charge in [-0.25, -0.2) is 9.78 Å². The predicted molar refractivity (Wildman–Crippen MR) is 83.3 cm³/mol. The Morgan fingerprint density at radius 3 is 2.33 bits per heavy atom. The molecule has 0 unspecified atom stereocenters. The van der Waals surface area contributed by atoms with Gasteiger partial charge >= 0.3 is 12.1 Å². The van der Waals surface area contributed by atoms with Gasteiger partial charge in [-0.05, 0) is 25.9 Å². The molecule has 24 heavy (non-hydrogen) atoms. The normalized spacial score (nSPS) is 15.6. The fourth-order valence-corrected chi connectivity index (χ4v) is 2.70. The van der Waals surface area contributed by atoms with Gasteiger partial charge in [0.15, 0.2) is 0 Å². The van der Waals surface area contributed by atoms with Crippen LogP contribution in [0.4, 0.5) is 13.2 Å². The molecule has 2 rings (SSSR count). The van der Waals surface area contributed by atoms with Crippen molar-refractivity contribution in [2.24, 2.45) is 0 Å². The highest BCUT2D eigenvalue weighted by Gasteiger charge is 2.38. The molecule has 1 amide bonds. The topological polar surface area (TPSA) is 91.3 Å². The number of aliphatic carboxylic acids is 1. The molecule has 0 bridgehead atoms. The van der Waals surface area contributed by atoms with Crippen LogP contribution in [0, 0.1) is 0 Å². The molecule has 0 aromatic carbocycles. The van der Waals surface area contributed by atoms with E-state index in [2.05, 4.69) is 29.5 Å². The zero-order valence-electron chi connectivity index (χ0n) is 13.3. The summed E-state index contributed by atoms with van der Waals surface area (Å²) in [6.07, 6.45) is -3.07. The third-order valence-corrected chi connectivity index (χ3v) is 4.31. The van der Waals surface area contributed by atoms with Gasteiger partial charge in [0.2, 0.25) is 0 Å². The fraction of sp³-hybridized carbons (Fsp3) is 0.643. The van der Waals surface area contributed by atoms with Gasteiger partial charge in [-0.1, -0.05) is 13.8 Å². The van der Waals surface area contributed by atoms with Crippen molar-refractivity contribution in [3.05, 3.63) is 16.1 Å². The van der Waals surface area contributed by atoms with Crippen molar-refractivity contribution in [1.29, 1.82) is 0 Å². The van der Waals surface area contributed by atoms with Crippen LogP contribution in [0.25, 0.3) is 0 Å². The number of rotatable bonds is 3. The van der Waals surface area contributed by atoms with E-state index in [0.717, 1.165) is 30.9 Å². The minimum Gasteiger partial charge on any atom is -0.475 e. The molecule has 0 aliphatic carbocycles. The van der Waals surface area contributed by atoms with Gasteiger partial charge in [-0.15, -0.1) is 11.3 Å². The zero-order valence-corrected chi connectivity index (χ0v) is 14.1. The molecule has 10 heteroatoms. The lowest BCUT2D eigenvalue weighted by molar-refractivity contribution is -0.192. The molecule has 0 radical (unpaired) electrons.